The monoisotopic (exact) mass is 283 g/mol. The third-order valence-electron chi connectivity index (χ3n) is 3.55. The Labute approximate surface area is 122 Å². The number of urea groups is 1. The molecular weight excluding hydrogens is 254 g/mol. The molecule has 0 aromatic rings. The number of carbonyl (C=O) groups excluding carboxylic acids is 2. The van der Waals surface area contributed by atoms with Gasteiger partial charge >= 0.3 is 6.03 Å². The number of carbonyl (C=O) groups is 2. The minimum absolute atomic E-state index is 0.0238. The second kappa shape index (κ2) is 7.50. The first-order valence-electron chi connectivity index (χ1n) is 7.63. The Hall–Kier alpha value is -1.26. The molecular formula is C15H29N3O2. The fourth-order valence-electron chi connectivity index (χ4n) is 2.25. The summed E-state index contributed by atoms with van der Waals surface area (Å²) in [7, 11) is 0. The second-order valence-electron chi connectivity index (χ2n) is 6.82. The first-order chi connectivity index (χ1) is 9.29. The van der Waals surface area contributed by atoms with E-state index in [1.807, 2.05) is 4.90 Å². The van der Waals surface area contributed by atoms with Gasteiger partial charge < -0.3 is 15.5 Å². The molecule has 1 atom stereocenters. The highest BCUT2D eigenvalue weighted by atomic mass is 16.2. The quantitative estimate of drug-likeness (QED) is 0.830. The summed E-state index contributed by atoms with van der Waals surface area (Å²) in [6.07, 6.45) is 4.24. The SMILES string of the molecule is CC(NC(=O)NCCC(C)(C)C)C(=O)N1CCCCC1. The predicted octanol–water partition coefficient (Wildman–Crippen LogP) is 2.12. The van der Waals surface area contributed by atoms with E-state index in [-0.39, 0.29) is 17.4 Å². The first-order valence-corrected chi connectivity index (χ1v) is 7.63. The van der Waals surface area contributed by atoms with Gasteiger partial charge in [0.15, 0.2) is 0 Å². The average molecular weight is 283 g/mol. The van der Waals surface area contributed by atoms with Crippen LogP contribution in [0.25, 0.3) is 0 Å². The van der Waals surface area contributed by atoms with Crippen molar-refractivity contribution in [3.63, 3.8) is 0 Å². The van der Waals surface area contributed by atoms with Gasteiger partial charge in [-0.3, -0.25) is 4.79 Å². The van der Waals surface area contributed by atoms with Crippen molar-refractivity contribution in [1.29, 1.82) is 0 Å². The summed E-state index contributed by atoms with van der Waals surface area (Å²) in [5, 5.41) is 5.53. The summed E-state index contributed by atoms with van der Waals surface area (Å²) in [6, 6.07) is -0.713. The number of amides is 3. The maximum Gasteiger partial charge on any atom is 0.315 e. The van der Waals surface area contributed by atoms with Crippen molar-refractivity contribution >= 4 is 11.9 Å². The maximum absolute atomic E-state index is 12.2. The summed E-state index contributed by atoms with van der Waals surface area (Å²) < 4.78 is 0. The van der Waals surface area contributed by atoms with E-state index in [4.69, 9.17) is 0 Å². The van der Waals surface area contributed by atoms with E-state index < -0.39 is 6.04 Å². The zero-order valence-electron chi connectivity index (χ0n) is 13.3. The Kier molecular flexibility index (Phi) is 6.30. The van der Waals surface area contributed by atoms with Crippen molar-refractivity contribution in [3.8, 4) is 0 Å². The lowest BCUT2D eigenvalue weighted by Crippen LogP contribution is -2.51. The van der Waals surface area contributed by atoms with Crippen molar-refractivity contribution in [1.82, 2.24) is 15.5 Å². The van der Waals surface area contributed by atoms with Crippen LogP contribution in [0.1, 0.15) is 53.4 Å². The van der Waals surface area contributed by atoms with E-state index in [2.05, 4.69) is 31.4 Å². The first kappa shape index (κ1) is 16.8. The van der Waals surface area contributed by atoms with Crippen molar-refractivity contribution in [2.24, 2.45) is 5.41 Å². The average Bonchev–Trinajstić information content (AvgIpc) is 2.37. The molecule has 5 nitrogen and oxygen atoms in total. The van der Waals surface area contributed by atoms with Crippen LogP contribution in [0, 0.1) is 5.41 Å². The van der Waals surface area contributed by atoms with Crippen LogP contribution in [0.15, 0.2) is 0 Å². The van der Waals surface area contributed by atoms with Crippen LogP contribution in [-0.4, -0.2) is 42.5 Å². The molecule has 2 N–H and O–H groups in total. The Morgan fingerprint density at radius 1 is 1.15 bits per heavy atom. The molecule has 20 heavy (non-hydrogen) atoms. The van der Waals surface area contributed by atoms with Crippen LogP contribution < -0.4 is 10.6 Å². The summed E-state index contributed by atoms with van der Waals surface area (Å²) >= 11 is 0. The fourth-order valence-corrected chi connectivity index (χ4v) is 2.25. The number of rotatable bonds is 4. The van der Waals surface area contributed by atoms with Gasteiger partial charge in [-0.15, -0.1) is 0 Å². The number of likely N-dealkylation sites (tertiary alicyclic amines) is 1. The van der Waals surface area contributed by atoms with E-state index in [0.29, 0.717) is 6.54 Å². The highest BCUT2D eigenvalue weighted by Gasteiger charge is 2.23. The van der Waals surface area contributed by atoms with E-state index in [1.54, 1.807) is 6.92 Å². The molecule has 1 heterocycles. The van der Waals surface area contributed by atoms with E-state index >= 15 is 0 Å². The van der Waals surface area contributed by atoms with Crippen LogP contribution in [0.3, 0.4) is 0 Å². The van der Waals surface area contributed by atoms with E-state index in [0.717, 1.165) is 32.4 Å². The fraction of sp³-hybridized carbons (Fsp3) is 0.867. The van der Waals surface area contributed by atoms with E-state index in [9.17, 15) is 9.59 Å². The van der Waals surface area contributed by atoms with Gasteiger partial charge in [-0.1, -0.05) is 20.8 Å². The molecule has 1 fully saturated rings. The zero-order chi connectivity index (χ0) is 15.2. The van der Waals surface area contributed by atoms with Crippen LogP contribution in [0.2, 0.25) is 0 Å². The van der Waals surface area contributed by atoms with Gasteiger partial charge in [-0.25, -0.2) is 4.79 Å². The predicted molar refractivity (Wildman–Crippen MR) is 80.5 cm³/mol. The molecule has 0 radical (unpaired) electrons. The van der Waals surface area contributed by atoms with Gasteiger partial charge in [0.05, 0.1) is 0 Å². The molecule has 0 aromatic carbocycles. The van der Waals surface area contributed by atoms with Gasteiger partial charge in [-0.05, 0) is 38.0 Å². The highest BCUT2D eigenvalue weighted by molar-refractivity contribution is 5.86. The van der Waals surface area contributed by atoms with Crippen LogP contribution in [-0.2, 0) is 4.79 Å². The van der Waals surface area contributed by atoms with Crippen molar-refractivity contribution in [2.75, 3.05) is 19.6 Å². The number of nitrogens with zero attached hydrogens (tertiary/aromatic N) is 1. The van der Waals surface area contributed by atoms with Crippen molar-refractivity contribution < 1.29 is 9.59 Å². The Morgan fingerprint density at radius 3 is 2.30 bits per heavy atom. The molecule has 0 saturated carbocycles. The molecule has 0 spiro atoms. The minimum atomic E-state index is -0.456. The number of hydrogen-bond acceptors (Lipinski definition) is 2. The molecule has 0 aliphatic carbocycles. The van der Waals surface area contributed by atoms with E-state index in [1.165, 1.54) is 6.42 Å². The largest absolute Gasteiger partial charge is 0.341 e. The topological polar surface area (TPSA) is 61.4 Å². The van der Waals surface area contributed by atoms with Crippen LogP contribution >= 0.6 is 0 Å². The van der Waals surface area contributed by atoms with Gasteiger partial charge in [0, 0.05) is 19.6 Å². The minimum Gasteiger partial charge on any atom is -0.341 e. The Balaban J connectivity index is 2.28. The Morgan fingerprint density at radius 2 is 1.75 bits per heavy atom. The molecule has 0 bridgehead atoms. The van der Waals surface area contributed by atoms with Gasteiger partial charge in [0.1, 0.15) is 6.04 Å². The molecule has 1 unspecified atom stereocenters. The molecule has 1 aliphatic heterocycles. The zero-order valence-corrected chi connectivity index (χ0v) is 13.3. The second-order valence-corrected chi connectivity index (χ2v) is 6.82. The normalized spacial score (nSPS) is 17.5. The summed E-state index contributed by atoms with van der Waals surface area (Å²) in [6.45, 7) is 10.4. The third kappa shape index (κ3) is 6.26. The maximum atomic E-state index is 12.2. The number of hydrogen-bond donors (Lipinski definition) is 2. The smallest absolute Gasteiger partial charge is 0.315 e. The number of nitrogens with one attached hydrogen (secondary N) is 2. The molecule has 1 rings (SSSR count). The molecule has 3 amide bonds. The lowest BCUT2D eigenvalue weighted by molar-refractivity contribution is -0.133. The molecule has 0 aromatic heterocycles. The van der Waals surface area contributed by atoms with Gasteiger partial charge in [0.25, 0.3) is 0 Å². The highest BCUT2D eigenvalue weighted by Crippen LogP contribution is 2.16. The lowest BCUT2D eigenvalue weighted by Gasteiger charge is -2.29. The molecule has 116 valence electrons. The standard InChI is InChI=1S/C15H29N3O2/c1-12(13(19)18-10-6-5-7-11-18)17-14(20)16-9-8-15(2,3)4/h12H,5-11H2,1-4H3,(H2,16,17,20). The third-order valence-corrected chi connectivity index (χ3v) is 3.55. The Bertz CT molecular complexity index is 331. The molecule has 5 heteroatoms. The van der Waals surface area contributed by atoms with Crippen LogP contribution in [0.5, 0.6) is 0 Å². The van der Waals surface area contributed by atoms with Crippen molar-refractivity contribution in [2.45, 2.75) is 59.4 Å². The van der Waals surface area contributed by atoms with Crippen molar-refractivity contribution in [3.05, 3.63) is 0 Å². The van der Waals surface area contributed by atoms with Crippen LogP contribution in [0.4, 0.5) is 4.79 Å². The van der Waals surface area contributed by atoms with Gasteiger partial charge in [-0.2, -0.15) is 0 Å². The lowest BCUT2D eigenvalue weighted by atomic mass is 9.92. The summed E-state index contributed by atoms with van der Waals surface area (Å²) in [5.41, 5.74) is 0.197. The summed E-state index contributed by atoms with van der Waals surface area (Å²) in [4.78, 5) is 25.7. The number of piperidine rings is 1. The van der Waals surface area contributed by atoms with Gasteiger partial charge in [0.2, 0.25) is 5.91 Å². The molecule has 1 aliphatic rings. The summed E-state index contributed by atoms with van der Waals surface area (Å²) in [5.74, 6) is 0.0238. The molecule has 1 saturated heterocycles.